The van der Waals surface area contributed by atoms with E-state index in [0.717, 1.165) is 17.5 Å². The van der Waals surface area contributed by atoms with E-state index >= 15 is 0 Å². The van der Waals surface area contributed by atoms with Crippen molar-refractivity contribution in [2.45, 2.75) is 6.42 Å². The van der Waals surface area contributed by atoms with Gasteiger partial charge in [0, 0.05) is 22.5 Å². The van der Waals surface area contributed by atoms with Gasteiger partial charge in [-0.15, -0.1) is 0 Å². The summed E-state index contributed by atoms with van der Waals surface area (Å²) in [5.41, 5.74) is 3.28. The standard InChI is InChI=1S/C16H12N2O3/c19-9-10-1-3-11(4-2-10)16(21)17-13-5-6-14-12(7-13)8-15(20)18-14/h1-7,9H,8H2,(H,17,21)(H,18,20). The van der Waals surface area contributed by atoms with Gasteiger partial charge < -0.3 is 10.6 Å². The highest BCUT2D eigenvalue weighted by molar-refractivity contribution is 6.05. The highest BCUT2D eigenvalue weighted by Gasteiger charge is 2.18. The number of hydrogen-bond donors (Lipinski definition) is 2. The second-order valence-corrected chi connectivity index (χ2v) is 4.79. The van der Waals surface area contributed by atoms with Gasteiger partial charge in [-0.2, -0.15) is 0 Å². The molecule has 1 aliphatic heterocycles. The quantitative estimate of drug-likeness (QED) is 0.847. The third-order valence-electron chi connectivity index (χ3n) is 3.30. The fourth-order valence-corrected chi connectivity index (χ4v) is 2.22. The molecule has 0 aliphatic carbocycles. The number of fused-ring (bicyclic) bond motifs is 1. The van der Waals surface area contributed by atoms with Crippen LogP contribution in [0.3, 0.4) is 0 Å². The molecule has 0 bridgehead atoms. The lowest BCUT2D eigenvalue weighted by molar-refractivity contribution is -0.115. The topological polar surface area (TPSA) is 75.3 Å². The minimum Gasteiger partial charge on any atom is -0.326 e. The predicted octanol–water partition coefficient (Wildman–Crippen LogP) is 2.25. The molecule has 0 saturated heterocycles. The maximum atomic E-state index is 12.1. The van der Waals surface area contributed by atoms with E-state index in [1.165, 1.54) is 0 Å². The number of benzene rings is 2. The zero-order valence-electron chi connectivity index (χ0n) is 11.1. The first-order valence-corrected chi connectivity index (χ1v) is 6.45. The van der Waals surface area contributed by atoms with Crippen LogP contribution in [0.5, 0.6) is 0 Å². The van der Waals surface area contributed by atoms with E-state index in [9.17, 15) is 14.4 Å². The van der Waals surface area contributed by atoms with Crippen LogP contribution in [-0.2, 0) is 11.2 Å². The zero-order chi connectivity index (χ0) is 14.8. The van der Waals surface area contributed by atoms with Crippen molar-refractivity contribution in [3.63, 3.8) is 0 Å². The summed E-state index contributed by atoms with van der Waals surface area (Å²) in [6.07, 6.45) is 1.05. The molecule has 2 aromatic rings. The molecule has 0 unspecified atom stereocenters. The van der Waals surface area contributed by atoms with E-state index in [2.05, 4.69) is 10.6 Å². The zero-order valence-corrected chi connectivity index (χ0v) is 11.1. The van der Waals surface area contributed by atoms with Crippen molar-refractivity contribution in [2.75, 3.05) is 10.6 Å². The van der Waals surface area contributed by atoms with Crippen LogP contribution < -0.4 is 10.6 Å². The van der Waals surface area contributed by atoms with Gasteiger partial charge in [0.1, 0.15) is 6.29 Å². The van der Waals surface area contributed by atoms with Crippen LogP contribution in [0.25, 0.3) is 0 Å². The summed E-state index contributed by atoms with van der Waals surface area (Å²) in [6, 6.07) is 11.7. The van der Waals surface area contributed by atoms with Crippen molar-refractivity contribution in [3.8, 4) is 0 Å². The Kier molecular flexibility index (Phi) is 3.23. The molecular weight excluding hydrogens is 268 g/mol. The highest BCUT2D eigenvalue weighted by atomic mass is 16.2. The molecule has 5 heteroatoms. The van der Waals surface area contributed by atoms with Crippen LogP contribution >= 0.6 is 0 Å². The fraction of sp³-hybridized carbons (Fsp3) is 0.0625. The van der Waals surface area contributed by atoms with Crippen LogP contribution in [-0.4, -0.2) is 18.1 Å². The van der Waals surface area contributed by atoms with Gasteiger partial charge in [-0.1, -0.05) is 12.1 Å². The molecule has 0 fully saturated rings. The van der Waals surface area contributed by atoms with Crippen molar-refractivity contribution in [1.29, 1.82) is 0 Å². The maximum absolute atomic E-state index is 12.1. The van der Waals surface area contributed by atoms with Gasteiger partial charge in [-0.3, -0.25) is 14.4 Å². The van der Waals surface area contributed by atoms with Crippen LogP contribution in [0, 0.1) is 0 Å². The predicted molar refractivity (Wildman–Crippen MR) is 78.6 cm³/mol. The normalized spacial score (nSPS) is 12.5. The molecule has 21 heavy (non-hydrogen) atoms. The first kappa shape index (κ1) is 13.1. The molecule has 0 aromatic heterocycles. The van der Waals surface area contributed by atoms with Crippen LogP contribution in [0.15, 0.2) is 42.5 Å². The Bertz CT molecular complexity index is 736. The Labute approximate surface area is 121 Å². The summed E-state index contributed by atoms with van der Waals surface area (Å²) in [6.45, 7) is 0. The third-order valence-corrected chi connectivity index (χ3v) is 3.30. The lowest BCUT2D eigenvalue weighted by Gasteiger charge is -2.07. The largest absolute Gasteiger partial charge is 0.326 e. The van der Waals surface area contributed by atoms with Crippen molar-refractivity contribution < 1.29 is 14.4 Å². The molecule has 2 amide bonds. The number of nitrogens with one attached hydrogen (secondary N) is 2. The molecule has 0 saturated carbocycles. The molecule has 0 radical (unpaired) electrons. The molecule has 2 aromatic carbocycles. The Balaban J connectivity index is 1.77. The number of anilines is 2. The Morgan fingerprint density at radius 3 is 2.62 bits per heavy atom. The summed E-state index contributed by atoms with van der Waals surface area (Å²) < 4.78 is 0. The van der Waals surface area contributed by atoms with Gasteiger partial charge in [0.25, 0.3) is 5.91 Å². The average Bonchev–Trinajstić information content (AvgIpc) is 2.86. The van der Waals surface area contributed by atoms with E-state index in [1.807, 2.05) is 0 Å². The van der Waals surface area contributed by atoms with Crippen LogP contribution in [0.2, 0.25) is 0 Å². The lowest BCUT2D eigenvalue weighted by atomic mass is 10.1. The number of carbonyl (C=O) groups excluding carboxylic acids is 3. The summed E-state index contributed by atoms with van der Waals surface area (Å²) >= 11 is 0. The van der Waals surface area contributed by atoms with E-state index in [-0.39, 0.29) is 11.8 Å². The van der Waals surface area contributed by atoms with Gasteiger partial charge in [0.05, 0.1) is 6.42 Å². The molecule has 0 spiro atoms. The van der Waals surface area contributed by atoms with Gasteiger partial charge in [0.2, 0.25) is 5.91 Å². The number of carbonyl (C=O) groups is 3. The summed E-state index contributed by atoms with van der Waals surface area (Å²) in [4.78, 5) is 34.0. The minimum atomic E-state index is -0.260. The second kappa shape index (κ2) is 5.20. The van der Waals surface area contributed by atoms with Crippen molar-refractivity contribution in [1.82, 2.24) is 0 Å². The van der Waals surface area contributed by atoms with Crippen molar-refractivity contribution in [3.05, 3.63) is 59.2 Å². The maximum Gasteiger partial charge on any atom is 0.255 e. The molecule has 2 N–H and O–H groups in total. The Morgan fingerprint density at radius 2 is 1.90 bits per heavy atom. The van der Waals surface area contributed by atoms with Gasteiger partial charge >= 0.3 is 0 Å². The summed E-state index contributed by atoms with van der Waals surface area (Å²) in [5, 5.41) is 5.51. The summed E-state index contributed by atoms with van der Waals surface area (Å²) in [5.74, 6) is -0.303. The molecule has 1 heterocycles. The third kappa shape index (κ3) is 2.67. The van der Waals surface area contributed by atoms with Gasteiger partial charge in [-0.05, 0) is 35.9 Å². The van der Waals surface area contributed by atoms with E-state index in [4.69, 9.17) is 0 Å². The smallest absolute Gasteiger partial charge is 0.255 e. The highest BCUT2D eigenvalue weighted by Crippen LogP contribution is 2.26. The number of amides is 2. The van der Waals surface area contributed by atoms with Gasteiger partial charge in [0.15, 0.2) is 0 Å². The average molecular weight is 280 g/mol. The number of aldehydes is 1. The summed E-state index contributed by atoms with van der Waals surface area (Å²) in [7, 11) is 0. The van der Waals surface area contributed by atoms with E-state index in [0.29, 0.717) is 23.2 Å². The van der Waals surface area contributed by atoms with E-state index in [1.54, 1.807) is 42.5 Å². The first-order chi connectivity index (χ1) is 10.2. The monoisotopic (exact) mass is 280 g/mol. The molecular formula is C16H12N2O3. The Hall–Kier alpha value is -2.95. The van der Waals surface area contributed by atoms with Crippen LogP contribution in [0.1, 0.15) is 26.3 Å². The molecule has 104 valence electrons. The second-order valence-electron chi connectivity index (χ2n) is 4.79. The minimum absolute atomic E-state index is 0.0436. The number of rotatable bonds is 3. The van der Waals surface area contributed by atoms with Gasteiger partial charge in [-0.25, -0.2) is 0 Å². The molecule has 5 nitrogen and oxygen atoms in total. The van der Waals surface area contributed by atoms with Crippen molar-refractivity contribution >= 4 is 29.5 Å². The number of hydrogen-bond acceptors (Lipinski definition) is 3. The van der Waals surface area contributed by atoms with Crippen molar-refractivity contribution in [2.24, 2.45) is 0 Å². The Morgan fingerprint density at radius 1 is 1.14 bits per heavy atom. The lowest BCUT2D eigenvalue weighted by Crippen LogP contribution is -2.11. The molecule has 3 rings (SSSR count). The fourth-order valence-electron chi connectivity index (χ4n) is 2.22. The van der Waals surface area contributed by atoms with Crippen LogP contribution in [0.4, 0.5) is 11.4 Å². The van der Waals surface area contributed by atoms with E-state index < -0.39 is 0 Å². The molecule has 0 atom stereocenters. The SMILES string of the molecule is O=Cc1ccc(C(=O)Nc2ccc3c(c2)CC(=O)N3)cc1. The first-order valence-electron chi connectivity index (χ1n) is 6.45. The molecule has 1 aliphatic rings.